The summed E-state index contributed by atoms with van der Waals surface area (Å²) < 4.78 is 0. The third kappa shape index (κ3) is 1.29. The lowest BCUT2D eigenvalue weighted by Gasteiger charge is -2.05. The second-order valence-electron chi connectivity index (χ2n) is 3.26. The molecule has 0 aromatic heterocycles. The average Bonchev–Trinajstić information content (AvgIpc) is 2.46. The molecule has 64 valence electrons. The van der Waals surface area contributed by atoms with Gasteiger partial charge in [-0.3, -0.25) is 0 Å². The fourth-order valence-corrected chi connectivity index (χ4v) is 1.82. The number of anilines is 1. The topological polar surface area (TPSA) is 12.0 Å². The minimum absolute atomic E-state index is 0.610. The Hall–Kier alpha value is -0.690. The van der Waals surface area contributed by atoms with Crippen LogP contribution in [0, 0.1) is 0 Å². The monoisotopic (exact) mass is 181 g/mol. The summed E-state index contributed by atoms with van der Waals surface area (Å²) in [6.45, 7) is 2.20. The first-order valence-electron chi connectivity index (χ1n) is 4.34. The first kappa shape index (κ1) is 7.93. The fourth-order valence-electron chi connectivity index (χ4n) is 1.64. The van der Waals surface area contributed by atoms with Gasteiger partial charge in [0.1, 0.15) is 0 Å². The van der Waals surface area contributed by atoms with Gasteiger partial charge in [0.05, 0.1) is 0 Å². The molecule has 0 spiro atoms. The molecule has 1 aliphatic rings. The summed E-state index contributed by atoms with van der Waals surface area (Å²) in [5.41, 5.74) is 2.61. The number of benzene rings is 1. The second-order valence-corrected chi connectivity index (χ2v) is 3.69. The lowest BCUT2D eigenvalue weighted by Crippen LogP contribution is -2.12. The van der Waals surface area contributed by atoms with Crippen molar-refractivity contribution >= 4 is 17.3 Å². The number of nitrogens with one attached hydrogen (secondary N) is 1. The van der Waals surface area contributed by atoms with Crippen molar-refractivity contribution in [2.45, 2.75) is 25.8 Å². The van der Waals surface area contributed by atoms with E-state index in [0.717, 1.165) is 11.4 Å². The van der Waals surface area contributed by atoms with E-state index in [1.165, 1.54) is 17.7 Å². The Bertz CT molecular complexity index is 296. The second kappa shape index (κ2) is 2.98. The lowest BCUT2D eigenvalue weighted by atomic mass is 10.1. The van der Waals surface area contributed by atoms with Crippen LogP contribution in [-0.2, 0) is 6.42 Å². The van der Waals surface area contributed by atoms with E-state index in [1.807, 2.05) is 12.1 Å². The van der Waals surface area contributed by atoms with E-state index in [0.29, 0.717) is 6.04 Å². The minimum Gasteiger partial charge on any atom is -0.382 e. The molecule has 0 saturated carbocycles. The zero-order valence-electron chi connectivity index (χ0n) is 7.10. The van der Waals surface area contributed by atoms with E-state index in [9.17, 15) is 0 Å². The quantitative estimate of drug-likeness (QED) is 0.702. The summed E-state index contributed by atoms with van der Waals surface area (Å²) in [7, 11) is 0. The zero-order valence-corrected chi connectivity index (χ0v) is 7.86. The van der Waals surface area contributed by atoms with Crippen LogP contribution in [0.5, 0.6) is 0 Å². The van der Waals surface area contributed by atoms with Crippen molar-refractivity contribution in [3.8, 4) is 0 Å². The highest BCUT2D eigenvalue weighted by atomic mass is 35.5. The van der Waals surface area contributed by atoms with Crippen LogP contribution in [0.15, 0.2) is 18.2 Å². The number of hydrogen-bond donors (Lipinski definition) is 1. The third-order valence-corrected chi connectivity index (χ3v) is 2.63. The van der Waals surface area contributed by atoms with Gasteiger partial charge < -0.3 is 5.32 Å². The number of fused-ring (bicyclic) bond motifs is 1. The van der Waals surface area contributed by atoms with Crippen molar-refractivity contribution in [3.63, 3.8) is 0 Å². The van der Waals surface area contributed by atoms with E-state index in [4.69, 9.17) is 11.6 Å². The van der Waals surface area contributed by atoms with Gasteiger partial charge in [0.15, 0.2) is 0 Å². The van der Waals surface area contributed by atoms with Gasteiger partial charge >= 0.3 is 0 Å². The molecule has 0 bridgehead atoms. The normalized spacial score (nSPS) is 20.3. The number of hydrogen-bond acceptors (Lipinski definition) is 1. The molecule has 0 amide bonds. The van der Waals surface area contributed by atoms with Gasteiger partial charge in [0.25, 0.3) is 0 Å². The van der Waals surface area contributed by atoms with Gasteiger partial charge in [-0.2, -0.15) is 0 Å². The molecule has 0 radical (unpaired) electrons. The Morgan fingerprint density at radius 3 is 3.17 bits per heavy atom. The summed E-state index contributed by atoms with van der Waals surface area (Å²) in [5.74, 6) is 0. The molecule has 1 nitrogen and oxygen atoms in total. The minimum atomic E-state index is 0.610. The van der Waals surface area contributed by atoms with Gasteiger partial charge in [-0.1, -0.05) is 24.6 Å². The van der Waals surface area contributed by atoms with Crippen LogP contribution in [0.25, 0.3) is 0 Å². The van der Waals surface area contributed by atoms with Crippen molar-refractivity contribution in [1.82, 2.24) is 0 Å². The van der Waals surface area contributed by atoms with E-state index in [1.54, 1.807) is 0 Å². The Morgan fingerprint density at radius 1 is 1.58 bits per heavy atom. The summed E-state index contributed by atoms with van der Waals surface area (Å²) >= 11 is 5.87. The third-order valence-electron chi connectivity index (χ3n) is 2.39. The highest BCUT2D eigenvalue weighted by Gasteiger charge is 2.18. The van der Waals surface area contributed by atoms with Crippen LogP contribution in [0.2, 0.25) is 5.02 Å². The molecular weight excluding hydrogens is 170 g/mol. The molecule has 1 aromatic carbocycles. The highest BCUT2D eigenvalue weighted by Crippen LogP contribution is 2.29. The molecule has 0 saturated heterocycles. The molecule has 1 heterocycles. The van der Waals surface area contributed by atoms with Crippen molar-refractivity contribution in [3.05, 3.63) is 28.8 Å². The largest absolute Gasteiger partial charge is 0.382 e. The van der Waals surface area contributed by atoms with Crippen LogP contribution >= 0.6 is 11.6 Å². The zero-order chi connectivity index (χ0) is 8.55. The molecule has 2 heteroatoms. The molecule has 2 rings (SSSR count). The molecule has 1 aliphatic heterocycles. The Balaban J connectivity index is 2.30. The van der Waals surface area contributed by atoms with Crippen molar-refractivity contribution in [2.75, 3.05) is 5.32 Å². The molecule has 1 atom stereocenters. The maximum absolute atomic E-state index is 5.87. The molecule has 1 aromatic rings. The molecule has 1 N–H and O–H groups in total. The van der Waals surface area contributed by atoms with Gasteiger partial charge in [0.2, 0.25) is 0 Å². The first-order valence-corrected chi connectivity index (χ1v) is 4.72. The van der Waals surface area contributed by atoms with E-state index >= 15 is 0 Å². The van der Waals surface area contributed by atoms with Crippen LogP contribution in [0.4, 0.5) is 5.69 Å². The van der Waals surface area contributed by atoms with Crippen molar-refractivity contribution in [2.24, 2.45) is 0 Å². The lowest BCUT2D eigenvalue weighted by molar-refractivity contribution is 0.723. The Labute approximate surface area is 77.7 Å². The molecular formula is C10H12ClN. The van der Waals surface area contributed by atoms with Crippen LogP contribution in [0.1, 0.15) is 18.9 Å². The predicted molar refractivity (Wildman–Crippen MR) is 52.9 cm³/mol. The molecule has 0 fully saturated rings. The van der Waals surface area contributed by atoms with Crippen LogP contribution < -0.4 is 5.32 Å². The van der Waals surface area contributed by atoms with E-state index < -0.39 is 0 Å². The van der Waals surface area contributed by atoms with Crippen molar-refractivity contribution < 1.29 is 0 Å². The fraction of sp³-hybridized carbons (Fsp3) is 0.400. The highest BCUT2D eigenvalue weighted by molar-refractivity contribution is 6.30. The predicted octanol–water partition coefficient (Wildman–Crippen LogP) is 3.09. The standard InChI is InChI=1S/C10H12ClN/c1-2-9-5-7-3-4-8(11)6-10(7)12-9/h3-4,6,9,12H,2,5H2,1H3. The summed E-state index contributed by atoms with van der Waals surface area (Å²) in [4.78, 5) is 0. The number of halogens is 1. The average molecular weight is 182 g/mol. The van der Waals surface area contributed by atoms with E-state index in [2.05, 4.69) is 18.3 Å². The van der Waals surface area contributed by atoms with Gasteiger partial charge in [0, 0.05) is 16.8 Å². The summed E-state index contributed by atoms with van der Waals surface area (Å²) in [6, 6.07) is 6.69. The number of rotatable bonds is 1. The van der Waals surface area contributed by atoms with Gasteiger partial charge in [-0.15, -0.1) is 0 Å². The Morgan fingerprint density at radius 2 is 2.42 bits per heavy atom. The maximum Gasteiger partial charge on any atom is 0.0426 e. The molecule has 1 unspecified atom stereocenters. The summed E-state index contributed by atoms with van der Waals surface area (Å²) in [5, 5.41) is 4.26. The Kier molecular flexibility index (Phi) is 1.97. The van der Waals surface area contributed by atoms with E-state index in [-0.39, 0.29) is 0 Å². The van der Waals surface area contributed by atoms with Gasteiger partial charge in [-0.05, 0) is 30.5 Å². The maximum atomic E-state index is 5.87. The molecule has 12 heavy (non-hydrogen) atoms. The van der Waals surface area contributed by atoms with Gasteiger partial charge in [-0.25, -0.2) is 0 Å². The molecule has 0 aliphatic carbocycles. The van der Waals surface area contributed by atoms with Crippen LogP contribution in [-0.4, -0.2) is 6.04 Å². The van der Waals surface area contributed by atoms with Crippen LogP contribution in [0.3, 0.4) is 0 Å². The smallest absolute Gasteiger partial charge is 0.0426 e. The summed E-state index contributed by atoms with van der Waals surface area (Å²) in [6.07, 6.45) is 2.31. The van der Waals surface area contributed by atoms with Crippen molar-refractivity contribution in [1.29, 1.82) is 0 Å². The first-order chi connectivity index (χ1) is 5.79. The SMILES string of the molecule is CCC1Cc2ccc(Cl)cc2N1.